The highest BCUT2D eigenvalue weighted by atomic mass is 32.2. The summed E-state index contributed by atoms with van der Waals surface area (Å²) in [5.74, 6) is 2.52. The summed E-state index contributed by atoms with van der Waals surface area (Å²) >= 11 is 2.08. The Morgan fingerprint density at radius 1 is 1.29 bits per heavy atom. The van der Waals surface area contributed by atoms with Crippen LogP contribution in [0.5, 0.6) is 0 Å². The Kier molecular flexibility index (Phi) is 3.72. The van der Waals surface area contributed by atoms with Crippen molar-refractivity contribution in [3.63, 3.8) is 0 Å². The molecule has 1 saturated heterocycles. The number of anilines is 1. The van der Waals surface area contributed by atoms with Crippen molar-refractivity contribution in [1.82, 2.24) is 0 Å². The first-order chi connectivity index (χ1) is 7.98. The van der Waals surface area contributed by atoms with Gasteiger partial charge in [-0.3, -0.25) is 0 Å². The molecule has 1 aromatic carbocycles. The largest absolute Gasteiger partial charge is 0.381 e. The lowest BCUT2D eigenvalue weighted by Gasteiger charge is -2.36. The SMILES string of the molecule is Cc1cccc(NC2CSCC(C)(C)C2)c1C. The van der Waals surface area contributed by atoms with E-state index in [0.717, 1.165) is 0 Å². The molecule has 0 spiro atoms. The third-order valence-corrected chi connectivity index (χ3v) is 5.20. The van der Waals surface area contributed by atoms with Gasteiger partial charge in [0, 0.05) is 17.5 Å². The van der Waals surface area contributed by atoms with Crippen LogP contribution in [0, 0.1) is 19.3 Å². The second-order valence-electron chi connectivity index (χ2n) is 5.97. The molecule has 1 aliphatic rings. The Balaban J connectivity index is 2.08. The van der Waals surface area contributed by atoms with E-state index in [1.165, 1.54) is 34.7 Å². The first-order valence-corrected chi connectivity index (χ1v) is 7.54. The monoisotopic (exact) mass is 249 g/mol. The summed E-state index contributed by atoms with van der Waals surface area (Å²) in [7, 11) is 0. The van der Waals surface area contributed by atoms with Gasteiger partial charge < -0.3 is 5.32 Å². The zero-order valence-corrected chi connectivity index (χ0v) is 12.2. The van der Waals surface area contributed by atoms with Crippen LogP contribution in [0.4, 0.5) is 5.69 Å². The van der Waals surface area contributed by atoms with Gasteiger partial charge in [-0.15, -0.1) is 0 Å². The van der Waals surface area contributed by atoms with E-state index in [4.69, 9.17) is 0 Å². The Bertz CT molecular complexity index is 398. The van der Waals surface area contributed by atoms with Crippen molar-refractivity contribution in [3.05, 3.63) is 29.3 Å². The Morgan fingerprint density at radius 3 is 2.76 bits per heavy atom. The minimum atomic E-state index is 0.471. The molecule has 2 heteroatoms. The van der Waals surface area contributed by atoms with Crippen molar-refractivity contribution >= 4 is 17.4 Å². The van der Waals surface area contributed by atoms with Gasteiger partial charge in [0.15, 0.2) is 0 Å². The standard InChI is InChI=1S/C15H23NS/c1-11-6-5-7-14(12(11)2)16-13-8-15(3,4)10-17-9-13/h5-7,13,16H,8-10H2,1-4H3. The van der Waals surface area contributed by atoms with E-state index in [0.29, 0.717) is 11.5 Å². The molecule has 1 heterocycles. The van der Waals surface area contributed by atoms with E-state index < -0.39 is 0 Å². The molecule has 1 aliphatic heterocycles. The van der Waals surface area contributed by atoms with Crippen LogP contribution < -0.4 is 5.32 Å². The predicted octanol–water partition coefficient (Wildman–Crippen LogP) is 4.25. The predicted molar refractivity (Wildman–Crippen MR) is 79.0 cm³/mol. The zero-order chi connectivity index (χ0) is 12.5. The number of nitrogens with one attached hydrogen (secondary N) is 1. The number of aryl methyl sites for hydroxylation is 1. The number of benzene rings is 1. The first-order valence-electron chi connectivity index (χ1n) is 6.38. The lowest BCUT2D eigenvalue weighted by atomic mass is 9.87. The first kappa shape index (κ1) is 12.8. The minimum absolute atomic E-state index is 0.471. The van der Waals surface area contributed by atoms with Gasteiger partial charge in [-0.1, -0.05) is 26.0 Å². The maximum absolute atomic E-state index is 3.72. The molecule has 0 saturated carbocycles. The maximum atomic E-state index is 3.72. The van der Waals surface area contributed by atoms with Gasteiger partial charge in [0.1, 0.15) is 0 Å². The Hall–Kier alpha value is -0.630. The molecule has 1 fully saturated rings. The molecule has 94 valence electrons. The zero-order valence-electron chi connectivity index (χ0n) is 11.3. The summed E-state index contributed by atoms with van der Waals surface area (Å²) < 4.78 is 0. The van der Waals surface area contributed by atoms with Crippen molar-refractivity contribution < 1.29 is 0 Å². The fourth-order valence-corrected chi connectivity index (χ4v) is 3.76. The average Bonchev–Trinajstić information content (AvgIpc) is 2.23. The van der Waals surface area contributed by atoms with Crippen LogP contribution in [0.15, 0.2) is 18.2 Å². The van der Waals surface area contributed by atoms with Crippen LogP contribution in [0.2, 0.25) is 0 Å². The third kappa shape index (κ3) is 3.19. The molecule has 0 bridgehead atoms. The Morgan fingerprint density at radius 2 is 2.06 bits per heavy atom. The maximum Gasteiger partial charge on any atom is 0.0374 e. The van der Waals surface area contributed by atoms with Gasteiger partial charge in [-0.2, -0.15) is 11.8 Å². The van der Waals surface area contributed by atoms with E-state index in [1.54, 1.807) is 0 Å². The summed E-state index contributed by atoms with van der Waals surface area (Å²) in [6.07, 6.45) is 1.27. The van der Waals surface area contributed by atoms with E-state index in [2.05, 4.69) is 63.0 Å². The van der Waals surface area contributed by atoms with Crippen LogP contribution in [0.1, 0.15) is 31.4 Å². The number of rotatable bonds is 2. The van der Waals surface area contributed by atoms with Crippen LogP contribution in [-0.2, 0) is 0 Å². The molecule has 1 unspecified atom stereocenters. The van der Waals surface area contributed by atoms with Gasteiger partial charge in [-0.05, 0) is 48.6 Å². The summed E-state index contributed by atoms with van der Waals surface area (Å²) in [5.41, 5.74) is 4.55. The van der Waals surface area contributed by atoms with E-state index >= 15 is 0 Å². The van der Waals surface area contributed by atoms with E-state index in [1.807, 2.05) is 0 Å². The summed E-state index contributed by atoms with van der Waals surface area (Å²) in [5, 5.41) is 3.72. The number of thioether (sulfide) groups is 1. The second-order valence-corrected chi connectivity index (χ2v) is 7.00. The van der Waals surface area contributed by atoms with Crippen molar-refractivity contribution in [3.8, 4) is 0 Å². The van der Waals surface area contributed by atoms with E-state index in [-0.39, 0.29) is 0 Å². The second kappa shape index (κ2) is 4.93. The fraction of sp³-hybridized carbons (Fsp3) is 0.600. The topological polar surface area (TPSA) is 12.0 Å². The van der Waals surface area contributed by atoms with Crippen LogP contribution >= 0.6 is 11.8 Å². The molecule has 0 amide bonds. The van der Waals surface area contributed by atoms with Crippen LogP contribution in [0.3, 0.4) is 0 Å². The van der Waals surface area contributed by atoms with E-state index in [9.17, 15) is 0 Å². The number of hydrogen-bond donors (Lipinski definition) is 1. The van der Waals surface area contributed by atoms with Gasteiger partial charge in [0.25, 0.3) is 0 Å². The van der Waals surface area contributed by atoms with Crippen molar-refractivity contribution in [2.24, 2.45) is 5.41 Å². The summed E-state index contributed by atoms with van der Waals surface area (Å²) in [4.78, 5) is 0. The van der Waals surface area contributed by atoms with Gasteiger partial charge in [0.05, 0.1) is 0 Å². The fourth-order valence-electron chi connectivity index (χ4n) is 2.48. The highest BCUT2D eigenvalue weighted by Crippen LogP contribution is 2.35. The molecule has 2 rings (SSSR count). The van der Waals surface area contributed by atoms with Gasteiger partial charge >= 0.3 is 0 Å². The van der Waals surface area contributed by atoms with Crippen LogP contribution in [0.25, 0.3) is 0 Å². The molecule has 1 nitrogen and oxygen atoms in total. The Labute approximate surface area is 109 Å². The molecule has 0 aromatic heterocycles. The van der Waals surface area contributed by atoms with Crippen molar-refractivity contribution in [2.45, 2.75) is 40.2 Å². The molecule has 1 atom stereocenters. The highest BCUT2D eigenvalue weighted by Gasteiger charge is 2.28. The highest BCUT2D eigenvalue weighted by molar-refractivity contribution is 7.99. The van der Waals surface area contributed by atoms with Crippen LogP contribution in [-0.4, -0.2) is 17.5 Å². The lowest BCUT2D eigenvalue weighted by molar-refractivity contribution is 0.358. The minimum Gasteiger partial charge on any atom is -0.381 e. The molecule has 1 N–H and O–H groups in total. The van der Waals surface area contributed by atoms with Gasteiger partial charge in [-0.25, -0.2) is 0 Å². The summed E-state index contributed by atoms with van der Waals surface area (Å²) in [6, 6.07) is 7.14. The van der Waals surface area contributed by atoms with Crippen molar-refractivity contribution in [2.75, 3.05) is 16.8 Å². The summed E-state index contributed by atoms with van der Waals surface area (Å²) in [6.45, 7) is 9.13. The molecular weight excluding hydrogens is 226 g/mol. The smallest absolute Gasteiger partial charge is 0.0374 e. The molecule has 17 heavy (non-hydrogen) atoms. The van der Waals surface area contributed by atoms with Crippen molar-refractivity contribution in [1.29, 1.82) is 0 Å². The normalized spacial score (nSPS) is 23.4. The number of hydrogen-bond acceptors (Lipinski definition) is 2. The average molecular weight is 249 g/mol. The lowest BCUT2D eigenvalue weighted by Crippen LogP contribution is -2.35. The molecule has 0 radical (unpaired) electrons. The molecule has 1 aromatic rings. The quantitative estimate of drug-likeness (QED) is 0.841. The van der Waals surface area contributed by atoms with Gasteiger partial charge in [0.2, 0.25) is 0 Å². The molecular formula is C15H23NS. The molecule has 0 aliphatic carbocycles. The third-order valence-electron chi connectivity index (χ3n) is 3.58.